The number of benzene rings is 2. The van der Waals surface area contributed by atoms with Crippen molar-refractivity contribution in [2.45, 2.75) is 5.03 Å². The molecule has 2 aromatic carbocycles. The largest absolute Gasteiger partial charge is 0.496 e. The van der Waals surface area contributed by atoms with Crippen LogP contribution < -0.4 is 10.1 Å². The van der Waals surface area contributed by atoms with Crippen LogP contribution in [0.5, 0.6) is 5.75 Å². The van der Waals surface area contributed by atoms with Gasteiger partial charge in [0.2, 0.25) is 5.91 Å². The molecule has 0 aliphatic heterocycles. The minimum atomic E-state index is -0.132. The van der Waals surface area contributed by atoms with Crippen LogP contribution in [-0.4, -0.2) is 29.0 Å². The van der Waals surface area contributed by atoms with Crippen LogP contribution in [0.2, 0.25) is 5.02 Å². The Balaban J connectivity index is 1.60. The van der Waals surface area contributed by atoms with Crippen molar-refractivity contribution in [3.8, 4) is 17.0 Å². The molecule has 0 saturated heterocycles. The summed E-state index contributed by atoms with van der Waals surface area (Å²) in [7, 11) is 1.62. The number of amides is 1. The first-order chi connectivity index (χ1) is 12.7. The summed E-state index contributed by atoms with van der Waals surface area (Å²) in [6.07, 6.45) is 0. The van der Waals surface area contributed by atoms with Crippen LogP contribution in [0.1, 0.15) is 0 Å². The summed E-state index contributed by atoms with van der Waals surface area (Å²) < 4.78 is 5.34. The van der Waals surface area contributed by atoms with Crippen LogP contribution in [0.25, 0.3) is 11.3 Å². The lowest BCUT2D eigenvalue weighted by Gasteiger charge is -2.07. The second kappa shape index (κ2) is 8.69. The smallest absolute Gasteiger partial charge is 0.234 e. The number of thioether (sulfide) groups is 1. The van der Waals surface area contributed by atoms with E-state index in [2.05, 4.69) is 15.5 Å². The van der Waals surface area contributed by atoms with E-state index in [-0.39, 0.29) is 11.7 Å². The third-order valence-corrected chi connectivity index (χ3v) is 4.64. The van der Waals surface area contributed by atoms with E-state index in [1.165, 1.54) is 11.8 Å². The minimum absolute atomic E-state index is 0.132. The van der Waals surface area contributed by atoms with Crippen molar-refractivity contribution in [2.24, 2.45) is 0 Å². The zero-order valence-electron chi connectivity index (χ0n) is 14.0. The minimum Gasteiger partial charge on any atom is -0.496 e. The van der Waals surface area contributed by atoms with Gasteiger partial charge in [-0.25, -0.2) is 0 Å². The number of aromatic nitrogens is 2. The number of rotatable bonds is 6. The molecule has 0 aliphatic carbocycles. The zero-order chi connectivity index (χ0) is 18.4. The molecule has 0 saturated carbocycles. The first kappa shape index (κ1) is 18.2. The molecular formula is C19H16ClN3O2S. The maximum Gasteiger partial charge on any atom is 0.234 e. The highest BCUT2D eigenvalue weighted by molar-refractivity contribution is 7.99. The number of carbonyl (C=O) groups excluding carboxylic acids is 1. The third kappa shape index (κ3) is 4.74. The van der Waals surface area contributed by atoms with Gasteiger partial charge in [0, 0.05) is 16.3 Å². The van der Waals surface area contributed by atoms with Crippen molar-refractivity contribution < 1.29 is 9.53 Å². The lowest BCUT2D eigenvalue weighted by Crippen LogP contribution is -2.14. The lowest BCUT2D eigenvalue weighted by atomic mass is 10.1. The molecule has 26 heavy (non-hydrogen) atoms. The number of hydrogen-bond donors (Lipinski definition) is 1. The summed E-state index contributed by atoms with van der Waals surface area (Å²) in [5.74, 6) is 0.839. The molecule has 1 heterocycles. The summed E-state index contributed by atoms with van der Waals surface area (Å²) in [5, 5.41) is 12.5. The Labute approximate surface area is 160 Å². The highest BCUT2D eigenvalue weighted by Crippen LogP contribution is 2.28. The van der Waals surface area contributed by atoms with Gasteiger partial charge in [0.15, 0.2) is 0 Å². The average molecular weight is 386 g/mol. The highest BCUT2D eigenvalue weighted by Gasteiger charge is 2.09. The van der Waals surface area contributed by atoms with E-state index >= 15 is 0 Å². The van der Waals surface area contributed by atoms with Crippen molar-refractivity contribution >= 4 is 35.0 Å². The number of carbonyl (C=O) groups is 1. The topological polar surface area (TPSA) is 64.1 Å². The van der Waals surface area contributed by atoms with Gasteiger partial charge in [0.25, 0.3) is 0 Å². The monoisotopic (exact) mass is 385 g/mol. The number of nitrogens with zero attached hydrogens (tertiary/aromatic N) is 2. The average Bonchev–Trinajstić information content (AvgIpc) is 2.67. The maximum atomic E-state index is 12.0. The molecule has 3 rings (SSSR count). The van der Waals surface area contributed by atoms with E-state index in [4.69, 9.17) is 16.3 Å². The molecule has 0 unspecified atom stereocenters. The molecule has 0 aliphatic rings. The van der Waals surface area contributed by atoms with E-state index in [1.807, 2.05) is 36.4 Å². The van der Waals surface area contributed by atoms with Crippen LogP contribution in [0.4, 0.5) is 5.69 Å². The van der Waals surface area contributed by atoms with Crippen LogP contribution >= 0.6 is 23.4 Å². The van der Waals surface area contributed by atoms with Gasteiger partial charge >= 0.3 is 0 Å². The Kier molecular flexibility index (Phi) is 6.09. The second-order valence-corrected chi connectivity index (χ2v) is 6.74. The molecule has 0 bridgehead atoms. The summed E-state index contributed by atoms with van der Waals surface area (Å²) in [6.45, 7) is 0. The van der Waals surface area contributed by atoms with Gasteiger partial charge in [-0.15, -0.1) is 10.2 Å². The normalized spacial score (nSPS) is 10.4. The van der Waals surface area contributed by atoms with Gasteiger partial charge in [-0.3, -0.25) is 4.79 Å². The molecule has 3 aromatic rings. The SMILES string of the molecule is COc1ccccc1-c1ccc(SCC(=O)Nc2cccc(Cl)c2)nn1. The fourth-order valence-corrected chi connectivity index (χ4v) is 3.10. The molecule has 1 amide bonds. The number of methoxy groups -OCH3 is 1. The predicted octanol–water partition coefficient (Wildman–Crippen LogP) is 4.54. The van der Waals surface area contributed by atoms with Crippen molar-refractivity contribution in [2.75, 3.05) is 18.2 Å². The number of ether oxygens (including phenoxy) is 1. The summed E-state index contributed by atoms with van der Waals surface area (Å²) in [6, 6.07) is 18.4. The van der Waals surface area contributed by atoms with Crippen LogP contribution in [0.3, 0.4) is 0 Å². The lowest BCUT2D eigenvalue weighted by molar-refractivity contribution is -0.113. The quantitative estimate of drug-likeness (QED) is 0.631. The highest BCUT2D eigenvalue weighted by atomic mass is 35.5. The molecule has 0 atom stereocenters. The van der Waals surface area contributed by atoms with E-state index in [1.54, 1.807) is 31.4 Å². The third-order valence-electron chi connectivity index (χ3n) is 3.48. The number of halogens is 1. The molecular weight excluding hydrogens is 370 g/mol. The van der Waals surface area contributed by atoms with Crippen molar-refractivity contribution in [1.29, 1.82) is 0 Å². The molecule has 1 N–H and O–H groups in total. The Morgan fingerprint density at radius 2 is 1.96 bits per heavy atom. The molecule has 0 fully saturated rings. The van der Waals surface area contributed by atoms with Gasteiger partial charge < -0.3 is 10.1 Å². The van der Waals surface area contributed by atoms with E-state index in [9.17, 15) is 4.79 Å². The zero-order valence-corrected chi connectivity index (χ0v) is 15.6. The van der Waals surface area contributed by atoms with Crippen LogP contribution in [-0.2, 0) is 4.79 Å². The van der Waals surface area contributed by atoms with Gasteiger partial charge in [-0.05, 0) is 42.5 Å². The van der Waals surface area contributed by atoms with E-state index < -0.39 is 0 Å². The molecule has 7 heteroatoms. The Morgan fingerprint density at radius 3 is 2.69 bits per heavy atom. The van der Waals surface area contributed by atoms with Crippen molar-refractivity contribution in [3.05, 3.63) is 65.7 Å². The van der Waals surface area contributed by atoms with Crippen LogP contribution in [0.15, 0.2) is 65.7 Å². The molecule has 5 nitrogen and oxygen atoms in total. The molecule has 0 radical (unpaired) electrons. The van der Waals surface area contributed by atoms with Gasteiger partial charge in [-0.2, -0.15) is 0 Å². The van der Waals surface area contributed by atoms with Gasteiger partial charge in [0.05, 0.1) is 18.6 Å². The van der Waals surface area contributed by atoms with Crippen LogP contribution in [0, 0.1) is 0 Å². The standard InChI is InChI=1S/C19H16ClN3O2S/c1-25-17-8-3-2-7-15(17)16-9-10-19(23-22-16)26-12-18(24)21-14-6-4-5-13(20)11-14/h2-11H,12H2,1H3,(H,21,24). The maximum absolute atomic E-state index is 12.0. The second-order valence-electron chi connectivity index (χ2n) is 5.30. The van der Waals surface area contributed by atoms with Crippen molar-refractivity contribution in [1.82, 2.24) is 10.2 Å². The number of para-hydroxylation sites is 1. The number of hydrogen-bond acceptors (Lipinski definition) is 5. The number of anilines is 1. The fraction of sp³-hybridized carbons (Fsp3) is 0.105. The first-order valence-corrected chi connectivity index (χ1v) is 9.17. The molecule has 0 spiro atoms. The summed E-state index contributed by atoms with van der Waals surface area (Å²) >= 11 is 7.22. The van der Waals surface area contributed by atoms with Crippen molar-refractivity contribution in [3.63, 3.8) is 0 Å². The molecule has 132 valence electrons. The predicted molar refractivity (Wildman–Crippen MR) is 105 cm³/mol. The Morgan fingerprint density at radius 1 is 1.12 bits per heavy atom. The Hall–Kier alpha value is -2.57. The van der Waals surface area contributed by atoms with Gasteiger partial charge in [0.1, 0.15) is 10.8 Å². The fourth-order valence-electron chi connectivity index (χ4n) is 2.30. The van der Waals surface area contributed by atoms with E-state index in [0.717, 1.165) is 17.0 Å². The van der Waals surface area contributed by atoms with Gasteiger partial charge in [-0.1, -0.05) is 41.6 Å². The molecule has 1 aromatic heterocycles. The number of nitrogens with one attached hydrogen (secondary N) is 1. The van der Waals surface area contributed by atoms with E-state index in [0.29, 0.717) is 15.7 Å². The Bertz CT molecular complexity index is 903. The summed E-state index contributed by atoms with van der Waals surface area (Å²) in [4.78, 5) is 12.0. The summed E-state index contributed by atoms with van der Waals surface area (Å²) in [5.41, 5.74) is 2.26. The first-order valence-electron chi connectivity index (χ1n) is 7.81.